The molecule has 8 nitrogen and oxygen atoms in total. The molecule has 0 aliphatic carbocycles. The van der Waals surface area contributed by atoms with Crippen molar-refractivity contribution in [2.24, 2.45) is 5.92 Å². The van der Waals surface area contributed by atoms with Crippen LogP contribution < -0.4 is 16.2 Å². The summed E-state index contributed by atoms with van der Waals surface area (Å²) in [4.78, 5) is 25.0. The summed E-state index contributed by atoms with van der Waals surface area (Å²) >= 11 is 0. The minimum absolute atomic E-state index is 0.0653. The van der Waals surface area contributed by atoms with Crippen LogP contribution >= 0.6 is 0 Å². The van der Waals surface area contributed by atoms with Gasteiger partial charge in [0.05, 0.1) is 11.1 Å². The predicted octanol–water partition coefficient (Wildman–Crippen LogP) is 3.76. The summed E-state index contributed by atoms with van der Waals surface area (Å²) in [6.07, 6.45) is 0. The van der Waals surface area contributed by atoms with Gasteiger partial charge in [0.25, 0.3) is 5.56 Å². The molecule has 0 atom stereocenters. The van der Waals surface area contributed by atoms with E-state index in [-0.39, 0.29) is 17.4 Å². The molecule has 0 fully saturated rings. The number of fused-ring (bicyclic) bond motifs is 1. The number of rotatable bonds is 5. The predicted molar refractivity (Wildman–Crippen MR) is 117 cm³/mol. The Morgan fingerprint density at radius 1 is 1.07 bits per heavy atom. The summed E-state index contributed by atoms with van der Waals surface area (Å²) in [6, 6.07) is 16.2. The Kier molecular flexibility index (Phi) is 5.05. The number of aromatic amines is 1. The maximum absolute atomic E-state index is 13.1. The second kappa shape index (κ2) is 7.82. The van der Waals surface area contributed by atoms with Crippen LogP contribution in [-0.2, 0) is 4.79 Å². The fraction of sp³-hybridized carbons (Fsp3) is 0.182. The summed E-state index contributed by atoms with van der Waals surface area (Å²) in [5.41, 5.74) is 1.94. The zero-order valence-electron chi connectivity index (χ0n) is 16.9. The average molecular weight is 402 g/mol. The van der Waals surface area contributed by atoms with Gasteiger partial charge in [-0.15, -0.1) is 5.10 Å². The van der Waals surface area contributed by atoms with E-state index in [1.54, 1.807) is 30.3 Å². The highest BCUT2D eigenvalue weighted by Crippen LogP contribution is 2.23. The monoisotopic (exact) mass is 402 g/mol. The lowest BCUT2D eigenvalue weighted by Gasteiger charge is -2.12. The van der Waals surface area contributed by atoms with Crippen molar-refractivity contribution >= 4 is 34.0 Å². The molecule has 0 aliphatic heterocycles. The Bertz CT molecular complexity index is 1270. The number of aryl methyl sites for hydroxylation is 1. The lowest BCUT2D eigenvalue weighted by Crippen LogP contribution is -2.22. The maximum Gasteiger partial charge on any atom is 0.279 e. The normalized spacial score (nSPS) is 11.1. The molecule has 8 heteroatoms. The van der Waals surface area contributed by atoms with Crippen molar-refractivity contribution < 1.29 is 4.79 Å². The van der Waals surface area contributed by atoms with Gasteiger partial charge in [-0.3, -0.25) is 14.7 Å². The second-order valence-corrected chi connectivity index (χ2v) is 7.36. The number of carbonyl (C=O) groups excluding carboxylic acids is 1. The fourth-order valence-electron chi connectivity index (χ4n) is 3.03. The first kappa shape index (κ1) is 19.4. The quantitative estimate of drug-likeness (QED) is 0.471. The topological polar surface area (TPSA) is 105 Å². The molecule has 152 valence electrons. The molecule has 4 rings (SSSR count). The number of nitrogens with one attached hydrogen (secondary N) is 3. The third-order valence-corrected chi connectivity index (χ3v) is 4.66. The van der Waals surface area contributed by atoms with E-state index in [9.17, 15) is 9.59 Å². The highest BCUT2D eigenvalue weighted by Gasteiger charge is 2.13. The minimum Gasteiger partial charge on any atom is -0.326 e. The van der Waals surface area contributed by atoms with E-state index >= 15 is 0 Å². The Balaban J connectivity index is 1.76. The van der Waals surface area contributed by atoms with Gasteiger partial charge in [0.15, 0.2) is 11.6 Å². The van der Waals surface area contributed by atoms with Gasteiger partial charge in [0.1, 0.15) is 0 Å². The van der Waals surface area contributed by atoms with Crippen molar-refractivity contribution in [2.45, 2.75) is 20.8 Å². The highest BCUT2D eigenvalue weighted by atomic mass is 16.2. The van der Waals surface area contributed by atoms with Crippen molar-refractivity contribution in [1.82, 2.24) is 20.0 Å². The first-order valence-electron chi connectivity index (χ1n) is 9.65. The minimum atomic E-state index is -0.228. The van der Waals surface area contributed by atoms with Crippen LogP contribution in [0.5, 0.6) is 0 Å². The highest BCUT2D eigenvalue weighted by molar-refractivity contribution is 5.93. The van der Waals surface area contributed by atoms with Crippen LogP contribution in [0.15, 0.2) is 59.4 Å². The molecular weight excluding hydrogens is 380 g/mol. The van der Waals surface area contributed by atoms with Crippen molar-refractivity contribution in [3.8, 4) is 5.69 Å². The standard InChI is InChI=1S/C22H22N6O2/c1-13(2)21(29)23-15-8-10-16(11-9-15)28-22(30)18-7-5-4-6-17(18)20(27-28)24-19-12-14(3)25-26-19/h4-13H,1-3H3,(H,23,29)(H2,24,25,26,27). The molecule has 0 bridgehead atoms. The maximum atomic E-state index is 13.1. The molecule has 0 saturated heterocycles. The molecule has 1 amide bonds. The molecule has 0 unspecified atom stereocenters. The van der Waals surface area contributed by atoms with E-state index in [4.69, 9.17) is 0 Å². The Hall–Kier alpha value is -3.94. The summed E-state index contributed by atoms with van der Waals surface area (Å²) in [5, 5.41) is 18.9. The number of hydrogen-bond acceptors (Lipinski definition) is 5. The van der Waals surface area contributed by atoms with E-state index in [1.807, 2.05) is 45.0 Å². The third kappa shape index (κ3) is 3.80. The summed E-state index contributed by atoms with van der Waals surface area (Å²) in [5.74, 6) is 0.953. The van der Waals surface area contributed by atoms with Crippen molar-refractivity contribution in [3.05, 3.63) is 70.6 Å². The van der Waals surface area contributed by atoms with Gasteiger partial charge >= 0.3 is 0 Å². The number of amides is 1. The fourth-order valence-corrected chi connectivity index (χ4v) is 3.03. The summed E-state index contributed by atoms with van der Waals surface area (Å²) in [6.45, 7) is 5.57. The zero-order chi connectivity index (χ0) is 21.3. The van der Waals surface area contributed by atoms with Gasteiger partial charge in [-0.2, -0.15) is 9.78 Å². The Morgan fingerprint density at radius 3 is 2.40 bits per heavy atom. The largest absolute Gasteiger partial charge is 0.326 e. The summed E-state index contributed by atoms with van der Waals surface area (Å²) < 4.78 is 1.35. The Labute approximate surface area is 172 Å². The molecule has 0 radical (unpaired) electrons. The molecule has 2 aromatic carbocycles. The van der Waals surface area contributed by atoms with Crippen molar-refractivity contribution in [3.63, 3.8) is 0 Å². The van der Waals surface area contributed by atoms with E-state index in [0.717, 1.165) is 5.69 Å². The third-order valence-electron chi connectivity index (χ3n) is 4.66. The molecule has 30 heavy (non-hydrogen) atoms. The van der Waals surface area contributed by atoms with Crippen LogP contribution in [0.3, 0.4) is 0 Å². The van der Waals surface area contributed by atoms with Crippen LogP contribution in [0.1, 0.15) is 19.5 Å². The number of anilines is 3. The lowest BCUT2D eigenvalue weighted by molar-refractivity contribution is -0.118. The first-order valence-corrected chi connectivity index (χ1v) is 9.65. The molecule has 0 spiro atoms. The van der Waals surface area contributed by atoms with Crippen molar-refractivity contribution in [2.75, 3.05) is 10.6 Å². The van der Waals surface area contributed by atoms with Gasteiger partial charge in [0.2, 0.25) is 5.91 Å². The lowest BCUT2D eigenvalue weighted by atomic mass is 10.2. The van der Waals surface area contributed by atoms with Gasteiger partial charge in [-0.05, 0) is 37.3 Å². The second-order valence-electron chi connectivity index (χ2n) is 7.36. The number of hydrogen-bond donors (Lipinski definition) is 3. The van der Waals surface area contributed by atoms with Crippen LogP contribution in [0, 0.1) is 12.8 Å². The van der Waals surface area contributed by atoms with Crippen LogP contribution in [0.4, 0.5) is 17.3 Å². The van der Waals surface area contributed by atoms with Crippen molar-refractivity contribution in [1.29, 1.82) is 0 Å². The molecule has 0 aliphatic rings. The molecule has 0 saturated carbocycles. The van der Waals surface area contributed by atoms with Gasteiger partial charge < -0.3 is 10.6 Å². The van der Waals surface area contributed by atoms with E-state index in [2.05, 4.69) is 25.9 Å². The number of H-pyrrole nitrogens is 1. The SMILES string of the molecule is Cc1cc(Nc2nn(-c3ccc(NC(=O)C(C)C)cc3)c(=O)c3ccccc23)n[nH]1. The van der Waals surface area contributed by atoms with Crippen LogP contribution in [0.25, 0.3) is 16.5 Å². The molecule has 4 aromatic rings. The van der Waals surface area contributed by atoms with E-state index in [0.29, 0.717) is 33.8 Å². The molecule has 3 N–H and O–H groups in total. The van der Waals surface area contributed by atoms with Crippen LogP contribution in [0.2, 0.25) is 0 Å². The zero-order valence-corrected chi connectivity index (χ0v) is 16.9. The van der Waals surface area contributed by atoms with Gasteiger partial charge in [-0.25, -0.2) is 0 Å². The summed E-state index contributed by atoms with van der Waals surface area (Å²) in [7, 11) is 0. The van der Waals surface area contributed by atoms with E-state index < -0.39 is 0 Å². The van der Waals surface area contributed by atoms with Crippen LogP contribution in [-0.4, -0.2) is 25.9 Å². The smallest absolute Gasteiger partial charge is 0.279 e. The number of aromatic nitrogens is 4. The first-order chi connectivity index (χ1) is 14.4. The molecule has 2 heterocycles. The molecular formula is C22H22N6O2. The van der Waals surface area contributed by atoms with Gasteiger partial charge in [-0.1, -0.05) is 32.0 Å². The number of carbonyl (C=O) groups is 1. The average Bonchev–Trinajstić information content (AvgIpc) is 3.15. The Morgan fingerprint density at radius 2 is 1.77 bits per heavy atom. The number of benzene rings is 2. The van der Waals surface area contributed by atoms with Gasteiger partial charge in [0, 0.05) is 28.8 Å². The number of nitrogens with zero attached hydrogens (tertiary/aromatic N) is 3. The molecule has 2 aromatic heterocycles. The van der Waals surface area contributed by atoms with E-state index in [1.165, 1.54) is 4.68 Å².